The second-order valence-electron chi connectivity index (χ2n) is 7.36. The predicted octanol–water partition coefficient (Wildman–Crippen LogP) is 7.67. The molecule has 1 aromatic carbocycles. The Hall–Kier alpha value is -2.35. The van der Waals surface area contributed by atoms with Crippen LogP contribution < -0.4 is 5.32 Å². The van der Waals surface area contributed by atoms with E-state index >= 15 is 0 Å². The van der Waals surface area contributed by atoms with Gasteiger partial charge in [-0.05, 0) is 31.2 Å². The van der Waals surface area contributed by atoms with Crippen LogP contribution in [0.25, 0.3) is 0 Å². The standard InChI is InChI=1S/C20H11Cl2F6N3O2S2/c1-8-12(16(32)30-17-29-15(7-34-17)19(23,24)25)5-14(35-8)13-6-18(33-31-13,20(26,27)28)9-2-10(21)4-11(22)3-9/h2-5,7H,6H2,1H3,(H,29,30,32). The first-order valence-electron chi connectivity index (χ1n) is 9.43. The molecule has 1 atom stereocenters. The van der Waals surface area contributed by atoms with Crippen molar-refractivity contribution < 1.29 is 36.0 Å². The third-order valence-electron chi connectivity index (χ3n) is 4.98. The summed E-state index contributed by atoms with van der Waals surface area (Å²) in [6, 6.07) is 4.75. The Bertz CT molecular complexity index is 1310. The summed E-state index contributed by atoms with van der Waals surface area (Å²) >= 11 is 13.4. The number of hydrogen-bond donors (Lipinski definition) is 1. The molecular formula is C20H11Cl2F6N3O2S2. The number of amides is 1. The second kappa shape index (κ2) is 8.95. The largest absolute Gasteiger partial charge is 0.435 e. The first-order valence-corrected chi connectivity index (χ1v) is 11.9. The Morgan fingerprint density at radius 2 is 1.77 bits per heavy atom. The van der Waals surface area contributed by atoms with E-state index in [0.29, 0.717) is 16.2 Å². The van der Waals surface area contributed by atoms with Crippen LogP contribution in [0.3, 0.4) is 0 Å². The second-order valence-corrected chi connectivity index (χ2v) is 10.3. The Balaban J connectivity index is 1.59. The smallest absolute Gasteiger partial charge is 0.374 e. The number of carbonyl (C=O) groups excluding carboxylic acids is 1. The number of aryl methyl sites for hydroxylation is 1. The first kappa shape index (κ1) is 25.7. The maximum absolute atomic E-state index is 14.2. The molecule has 0 radical (unpaired) electrons. The maximum atomic E-state index is 14.2. The summed E-state index contributed by atoms with van der Waals surface area (Å²) in [6.07, 6.45) is -10.3. The molecule has 1 N–H and O–H groups in total. The molecule has 2 aromatic heterocycles. The summed E-state index contributed by atoms with van der Waals surface area (Å²) in [5.41, 5.74) is -4.35. The third-order valence-corrected chi connectivity index (χ3v) is 7.27. The zero-order chi connectivity index (χ0) is 25.8. The van der Waals surface area contributed by atoms with Gasteiger partial charge in [0.2, 0.25) is 0 Å². The number of benzene rings is 1. The number of alkyl halides is 6. The number of nitrogens with zero attached hydrogens (tertiary/aromatic N) is 2. The molecule has 3 aromatic rings. The van der Waals surface area contributed by atoms with Gasteiger partial charge in [-0.2, -0.15) is 26.3 Å². The Labute approximate surface area is 211 Å². The van der Waals surface area contributed by atoms with Gasteiger partial charge in [-0.3, -0.25) is 10.1 Å². The Kier molecular flexibility index (Phi) is 6.58. The van der Waals surface area contributed by atoms with E-state index in [9.17, 15) is 31.1 Å². The van der Waals surface area contributed by atoms with Crippen LogP contribution in [0.15, 0.2) is 34.8 Å². The fourth-order valence-electron chi connectivity index (χ4n) is 3.30. The van der Waals surface area contributed by atoms with Gasteiger partial charge in [0.25, 0.3) is 11.5 Å². The lowest BCUT2D eigenvalue weighted by atomic mass is 9.88. The van der Waals surface area contributed by atoms with Gasteiger partial charge in [0.15, 0.2) is 10.8 Å². The molecule has 0 aliphatic carbocycles. The highest BCUT2D eigenvalue weighted by atomic mass is 35.5. The van der Waals surface area contributed by atoms with Crippen LogP contribution in [-0.4, -0.2) is 22.8 Å². The molecule has 1 unspecified atom stereocenters. The minimum atomic E-state index is -4.89. The lowest BCUT2D eigenvalue weighted by Gasteiger charge is -2.29. The monoisotopic (exact) mass is 573 g/mol. The first-order chi connectivity index (χ1) is 16.2. The minimum Gasteiger partial charge on any atom is -0.374 e. The number of carbonyl (C=O) groups is 1. The highest BCUT2D eigenvalue weighted by molar-refractivity contribution is 7.14. The molecular weight excluding hydrogens is 563 g/mol. The van der Waals surface area contributed by atoms with Crippen molar-refractivity contribution in [1.29, 1.82) is 0 Å². The Morgan fingerprint density at radius 1 is 1.11 bits per heavy atom. The molecule has 0 saturated heterocycles. The summed E-state index contributed by atoms with van der Waals surface area (Å²) in [7, 11) is 0. The van der Waals surface area contributed by atoms with Crippen molar-refractivity contribution in [3.05, 3.63) is 66.3 Å². The molecule has 1 amide bonds. The van der Waals surface area contributed by atoms with Gasteiger partial charge in [0.05, 0.1) is 16.9 Å². The molecule has 0 fully saturated rings. The molecule has 4 rings (SSSR count). The average molecular weight is 574 g/mol. The zero-order valence-corrected chi connectivity index (χ0v) is 20.3. The van der Waals surface area contributed by atoms with Crippen molar-refractivity contribution in [3.63, 3.8) is 0 Å². The molecule has 0 saturated carbocycles. The molecule has 0 bridgehead atoms. The van der Waals surface area contributed by atoms with Crippen LogP contribution in [0.1, 0.15) is 37.8 Å². The lowest BCUT2D eigenvalue weighted by molar-refractivity contribution is -0.275. The van der Waals surface area contributed by atoms with Crippen molar-refractivity contribution in [2.75, 3.05) is 5.32 Å². The van der Waals surface area contributed by atoms with Gasteiger partial charge >= 0.3 is 12.4 Å². The number of aromatic nitrogens is 1. The summed E-state index contributed by atoms with van der Waals surface area (Å²) in [5.74, 6) is -0.767. The summed E-state index contributed by atoms with van der Waals surface area (Å²) in [6.45, 7) is 1.54. The number of thiophene rings is 1. The van der Waals surface area contributed by atoms with Crippen LogP contribution >= 0.6 is 45.9 Å². The number of rotatable bonds is 4. The number of thiazole rings is 1. The van der Waals surface area contributed by atoms with Gasteiger partial charge in [-0.15, -0.1) is 22.7 Å². The van der Waals surface area contributed by atoms with E-state index in [-0.39, 0.29) is 36.9 Å². The number of halogens is 8. The molecule has 35 heavy (non-hydrogen) atoms. The van der Waals surface area contributed by atoms with Gasteiger partial charge in [0.1, 0.15) is 5.71 Å². The molecule has 0 spiro atoms. The molecule has 5 nitrogen and oxygen atoms in total. The van der Waals surface area contributed by atoms with Crippen molar-refractivity contribution >= 4 is 62.6 Å². The molecule has 1 aliphatic rings. The van der Waals surface area contributed by atoms with Gasteiger partial charge < -0.3 is 4.84 Å². The summed E-state index contributed by atoms with van der Waals surface area (Å²) in [4.78, 5) is 21.5. The van der Waals surface area contributed by atoms with Crippen LogP contribution in [0.2, 0.25) is 10.0 Å². The maximum Gasteiger partial charge on any atom is 0.435 e. The van der Waals surface area contributed by atoms with E-state index < -0.39 is 36.0 Å². The molecule has 1 aliphatic heterocycles. The van der Waals surface area contributed by atoms with Crippen LogP contribution in [-0.2, 0) is 16.6 Å². The van der Waals surface area contributed by atoms with Crippen molar-refractivity contribution in [3.8, 4) is 0 Å². The number of hydrogen-bond acceptors (Lipinski definition) is 6. The highest BCUT2D eigenvalue weighted by Gasteiger charge is 2.62. The van der Waals surface area contributed by atoms with E-state index in [2.05, 4.69) is 15.5 Å². The van der Waals surface area contributed by atoms with Gasteiger partial charge in [-0.1, -0.05) is 28.4 Å². The quantitative estimate of drug-likeness (QED) is 0.326. The molecule has 186 valence electrons. The van der Waals surface area contributed by atoms with Crippen LogP contribution in [0.4, 0.5) is 31.5 Å². The van der Waals surface area contributed by atoms with Crippen molar-refractivity contribution in [1.82, 2.24) is 4.98 Å². The summed E-state index contributed by atoms with van der Waals surface area (Å²) < 4.78 is 80.7. The number of nitrogens with one attached hydrogen (secondary N) is 1. The fourth-order valence-corrected chi connectivity index (χ4v) is 5.53. The topological polar surface area (TPSA) is 63.6 Å². The highest BCUT2D eigenvalue weighted by Crippen LogP contribution is 2.50. The van der Waals surface area contributed by atoms with E-state index in [0.717, 1.165) is 28.8 Å². The van der Waals surface area contributed by atoms with Crippen molar-refractivity contribution in [2.24, 2.45) is 5.16 Å². The molecule has 3 heterocycles. The summed E-state index contributed by atoms with van der Waals surface area (Å²) in [5, 5.41) is 6.36. The predicted molar refractivity (Wildman–Crippen MR) is 121 cm³/mol. The third kappa shape index (κ3) is 4.99. The average Bonchev–Trinajstić information content (AvgIpc) is 3.44. The van der Waals surface area contributed by atoms with Gasteiger partial charge in [0, 0.05) is 25.9 Å². The van der Waals surface area contributed by atoms with Crippen molar-refractivity contribution in [2.45, 2.75) is 31.3 Å². The Morgan fingerprint density at radius 3 is 2.34 bits per heavy atom. The SMILES string of the molecule is Cc1sc(C2=NOC(c3cc(Cl)cc(Cl)c3)(C(F)(F)F)C2)cc1C(=O)Nc1nc(C(F)(F)F)cs1. The van der Waals surface area contributed by atoms with Crippen LogP contribution in [0, 0.1) is 6.92 Å². The fraction of sp³-hybridized carbons (Fsp3) is 0.250. The zero-order valence-electron chi connectivity index (χ0n) is 17.1. The van der Waals surface area contributed by atoms with E-state index in [1.54, 1.807) is 0 Å². The van der Waals surface area contributed by atoms with E-state index in [4.69, 9.17) is 28.0 Å². The van der Waals surface area contributed by atoms with E-state index in [1.165, 1.54) is 19.1 Å². The number of oxime groups is 1. The lowest BCUT2D eigenvalue weighted by Crippen LogP contribution is -2.42. The normalized spacial score (nSPS) is 18.4. The minimum absolute atomic E-state index is 0.0185. The van der Waals surface area contributed by atoms with Crippen LogP contribution in [0.5, 0.6) is 0 Å². The molecule has 15 heteroatoms. The van der Waals surface area contributed by atoms with E-state index in [1.807, 2.05) is 0 Å². The van der Waals surface area contributed by atoms with Gasteiger partial charge in [-0.25, -0.2) is 4.98 Å². The number of anilines is 1.